The number of primary amides is 1. The molecular weight excluding hydrogens is 204 g/mol. The van der Waals surface area contributed by atoms with E-state index in [0.29, 0.717) is 6.61 Å². The van der Waals surface area contributed by atoms with Crippen LogP contribution in [0.25, 0.3) is 0 Å². The Hall–Kier alpha value is -1.55. The fraction of sp³-hybridized carbons (Fsp3) is 0.417. The summed E-state index contributed by atoms with van der Waals surface area (Å²) < 4.78 is 5.42. The topological polar surface area (TPSA) is 78.3 Å². The van der Waals surface area contributed by atoms with Gasteiger partial charge in [0.05, 0.1) is 12.5 Å². The van der Waals surface area contributed by atoms with Gasteiger partial charge in [-0.2, -0.15) is 0 Å². The van der Waals surface area contributed by atoms with Gasteiger partial charge in [-0.25, -0.2) is 0 Å². The molecule has 16 heavy (non-hydrogen) atoms. The number of carbonyl (C=O) groups is 1. The van der Waals surface area contributed by atoms with Crippen LogP contribution in [0.3, 0.4) is 0 Å². The van der Waals surface area contributed by atoms with Gasteiger partial charge in [0.2, 0.25) is 5.91 Å². The number of benzene rings is 1. The molecule has 88 valence electrons. The molecule has 0 saturated carbocycles. The normalized spacial score (nSPS) is 14.2. The molecule has 0 bridgehead atoms. The van der Waals surface area contributed by atoms with Gasteiger partial charge in [0, 0.05) is 6.04 Å². The van der Waals surface area contributed by atoms with Crippen LogP contribution in [0.4, 0.5) is 0 Å². The van der Waals surface area contributed by atoms with Crippen molar-refractivity contribution in [3.05, 3.63) is 29.8 Å². The van der Waals surface area contributed by atoms with Gasteiger partial charge >= 0.3 is 0 Å². The van der Waals surface area contributed by atoms with E-state index in [1.807, 2.05) is 31.2 Å². The molecule has 1 unspecified atom stereocenters. The van der Waals surface area contributed by atoms with Crippen molar-refractivity contribution < 1.29 is 9.53 Å². The highest BCUT2D eigenvalue weighted by Crippen LogP contribution is 2.16. The average Bonchev–Trinajstić information content (AvgIpc) is 2.26. The van der Waals surface area contributed by atoms with Crippen molar-refractivity contribution in [2.45, 2.75) is 19.9 Å². The van der Waals surface area contributed by atoms with Gasteiger partial charge < -0.3 is 16.2 Å². The number of rotatable bonds is 5. The van der Waals surface area contributed by atoms with Crippen molar-refractivity contribution in [3.8, 4) is 5.75 Å². The van der Waals surface area contributed by atoms with Crippen molar-refractivity contribution in [3.63, 3.8) is 0 Å². The molecule has 0 aromatic heterocycles. The lowest BCUT2D eigenvalue weighted by Crippen LogP contribution is -2.25. The first-order valence-electron chi connectivity index (χ1n) is 5.28. The van der Waals surface area contributed by atoms with E-state index in [1.165, 1.54) is 0 Å². The Labute approximate surface area is 95.6 Å². The maximum atomic E-state index is 10.8. The van der Waals surface area contributed by atoms with E-state index in [0.717, 1.165) is 11.3 Å². The number of nitrogens with two attached hydrogens (primary N) is 2. The molecule has 0 aliphatic heterocycles. The predicted octanol–water partition coefficient (Wildman–Crippen LogP) is 1.21. The monoisotopic (exact) mass is 222 g/mol. The molecule has 0 radical (unpaired) electrons. The average molecular weight is 222 g/mol. The highest BCUT2D eigenvalue weighted by Gasteiger charge is 2.09. The molecule has 0 aliphatic rings. The molecule has 4 heteroatoms. The van der Waals surface area contributed by atoms with Crippen LogP contribution in [-0.2, 0) is 4.79 Å². The summed E-state index contributed by atoms with van der Waals surface area (Å²) in [6.07, 6.45) is 0. The molecule has 4 nitrogen and oxygen atoms in total. The second-order valence-corrected chi connectivity index (χ2v) is 3.97. The number of hydrogen-bond donors (Lipinski definition) is 2. The maximum absolute atomic E-state index is 10.8. The summed E-state index contributed by atoms with van der Waals surface area (Å²) in [5.74, 6) is 0.0813. The largest absolute Gasteiger partial charge is 0.493 e. The molecule has 1 aromatic rings. The van der Waals surface area contributed by atoms with Crippen LogP contribution in [0.1, 0.15) is 25.5 Å². The van der Waals surface area contributed by atoms with Crippen molar-refractivity contribution in [1.82, 2.24) is 0 Å². The molecule has 0 fully saturated rings. The maximum Gasteiger partial charge on any atom is 0.223 e. The lowest BCUT2D eigenvalue weighted by atomic mass is 10.1. The zero-order valence-electron chi connectivity index (χ0n) is 9.64. The van der Waals surface area contributed by atoms with Crippen LogP contribution in [0.15, 0.2) is 24.3 Å². The summed E-state index contributed by atoms with van der Waals surface area (Å²) >= 11 is 0. The van der Waals surface area contributed by atoms with Gasteiger partial charge in [0.25, 0.3) is 0 Å². The quantitative estimate of drug-likeness (QED) is 0.785. The van der Waals surface area contributed by atoms with E-state index >= 15 is 0 Å². The summed E-state index contributed by atoms with van der Waals surface area (Å²) in [5.41, 5.74) is 11.9. The van der Waals surface area contributed by atoms with E-state index in [1.54, 1.807) is 6.92 Å². The van der Waals surface area contributed by atoms with Crippen LogP contribution in [0.2, 0.25) is 0 Å². The summed E-state index contributed by atoms with van der Waals surface area (Å²) in [6, 6.07) is 7.52. The van der Waals surface area contributed by atoms with E-state index in [2.05, 4.69) is 0 Å². The molecule has 0 aliphatic carbocycles. The first kappa shape index (κ1) is 12.5. The Kier molecular flexibility index (Phi) is 4.31. The lowest BCUT2D eigenvalue weighted by Gasteiger charge is -2.11. The minimum atomic E-state index is -0.354. The van der Waals surface area contributed by atoms with Crippen molar-refractivity contribution in [2.24, 2.45) is 17.4 Å². The molecule has 1 amide bonds. The smallest absolute Gasteiger partial charge is 0.223 e. The SMILES string of the molecule is CC(COc1ccc([C@H](C)N)cc1)C(N)=O. The van der Waals surface area contributed by atoms with Gasteiger partial charge in [-0.1, -0.05) is 19.1 Å². The van der Waals surface area contributed by atoms with Crippen molar-refractivity contribution >= 4 is 5.91 Å². The Bertz CT molecular complexity index is 347. The molecule has 0 heterocycles. The standard InChI is InChI=1S/C12H18N2O2/c1-8(12(14)15)7-16-11-5-3-10(4-6-11)9(2)13/h3-6,8-9H,7,13H2,1-2H3,(H2,14,15)/t8?,9-/m0/s1. The van der Waals surface area contributed by atoms with Crippen molar-refractivity contribution in [2.75, 3.05) is 6.61 Å². The highest BCUT2D eigenvalue weighted by molar-refractivity contribution is 5.76. The molecule has 2 atom stereocenters. The van der Waals surface area contributed by atoms with Crippen LogP contribution in [-0.4, -0.2) is 12.5 Å². The third-order valence-corrected chi connectivity index (χ3v) is 2.39. The fourth-order valence-corrected chi connectivity index (χ4v) is 1.17. The van der Waals surface area contributed by atoms with E-state index in [4.69, 9.17) is 16.2 Å². The van der Waals surface area contributed by atoms with Gasteiger partial charge in [0.1, 0.15) is 5.75 Å². The van der Waals surface area contributed by atoms with Gasteiger partial charge in [0.15, 0.2) is 0 Å². The Balaban J connectivity index is 2.52. The second-order valence-electron chi connectivity index (χ2n) is 3.97. The first-order chi connectivity index (χ1) is 7.50. The first-order valence-corrected chi connectivity index (χ1v) is 5.28. The van der Waals surface area contributed by atoms with Crippen LogP contribution < -0.4 is 16.2 Å². The summed E-state index contributed by atoms with van der Waals surface area (Å²) in [5, 5.41) is 0. The zero-order chi connectivity index (χ0) is 12.1. The molecule has 4 N–H and O–H groups in total. The van der Waals surface area contributed by atoms with Gasteiger partial charge in [-0.15, -0.1) is 0 Å². The van der Waals surface area contributed by atoms with E-state index in [-0.39, 0.29) is 17.9 Å². The lowest BCUT2D eigenvalue weighted by molar-refractivity contribution is -0.122. The minimum absolute atomic E-state index is 0.0126. The Morgan fingerprint density at radius 3 is 2.31 bits per heavy atom. The summed E-state index contributed by atoms with van der Waals surface area (Å²) in [4.78, 5) is 10.8. The third kappa shape index (κ3) is 3.55. The number of ether oxygens (including phenoxy) is 1. The highest BCUT2D eigenvalue weighted by atomic mass is 16.5. The summed E-state index contributed by atoms with van der Waals surface area (Å²) in [7, 11) is 0. The number of hydrogen-bond acceptors (Lipinski definition) is 3. The zero-order valence-corrected chi connectivity index (χ0v) is 9.64. The predicted molar refractivity (Wildman–Crippen MR) is 62.9 cm³/mol. The van der Waals surface area contributed by atoms with E-state index < -0.39 is 0 Å². The van der Waals surface area contributed by atoms with Gasteiger partial charge in [-0.05, 0) is 24.6 Å². The van der Waals surface area contributed by atoms with E-state index in [9.17, 15) is 4.79 Å². The van der Waals surface area contributed by atoms with Gasteiger partial charge in [-0.3, -0.25) is 4.79 Å². The third-order valence-electron chi connectivity index (χ3n) is 2.39. The van der Waals surface area contributed by atoms with Crippen molar-refractivity contribution in [1.29, 1.82) is 0 Å². The van der Waals surface area contributed by atoms with Crippen LogP contribution in [0.5, 0.6) is 5.75 Å². The minimum Gasteiger partial charge on any atom is -0.493 e. The number of carbonyl (C=O) groups excluding carboxylic acids is 1. The fourth-order valence-electron chi connectivity index (χ4n) is 1.17. The Morgan fingerprint density at radius 2 is 1.88 bits per heavy atom. The molecule has 1 rings (SSSR count). The molecule has 0 spiro atoms. The second kappa shape index (κ2) is 5.51. The molecular formula is C12H18N2O2. The van der Waals surface area contributed by atoms with Crippen LogP contribution in [0, 0.1) is 5.92 Å². The molecule has 0 saturated heterocycles. The summed E-state index contributed by atoms with van der Waals surface area (Å²) in [6.45, 7) is 3.95. The van der Waals surface area contributed by atoms with Crippen LogP contribution >= 0.6 is 0 Å². The number of amides is 1. The molecule has 1 aromatic carbocycles. The Morgan fingerprint density at radius 1 is 1.31 bits per heavy atom.